The van der Waals surface area contributed by atoms with Crippen LogP contribution in [0.2, 0.25) is 0 Å². The second-order valence-corrected chi connectivity index (χ2v) is 29.2. The van der Waals surface area contributed by atoms with E-state index in [4.69, 9.17) is 4.11 Å². The van der Waals surface area contributed by atoms with Crippen molar-refractivity contribution in [2.45, 2.75) is 356 Å². The lowest BCUT2D eigenvalue weighted by atomic mass is 10.1. The van der Waals surface area contributed by atoms with E-state index in [-0.39, 0.29) is 36.8 Å². The molecule has 1 saturated carbocycles. The van der Waals surface area contributed by atoms with Gasteiger partial charge in [-0.05, 0) is 129 Å². The van der Waals surface area contributed by atoms with E-state index in [0.717, 1.165) is 87.9 Å². The van der Waals surface area contributed by atoms with Crippen LogP contribution in [0, 0.1) is 94.7 Å². The molecule has 0 aromatic carbocycles. The summed E-state index contributed by atoms with van der Waals surface area (Å²) in [6, 6.07) is 0. The summed E-state index contributed by atoms with van der Waals surface area (Å²) in [5.74, 6) is -0.312. The van der Waals surface area contributed by atoms with E-state index in [2.05, 4.69) is 170 Å². The van der Waals surface area contributed by atoms with Crippen LogP contribution in [0.1, 0.15) is 323 Å². The molecule has 0 aromatic rings. The van der Waals surface area contributed by atoms with E-state index in [9.17, 15) is 74.6 Å². The summed E-state index contributed by atoms with van der Waals surface area (Å²) in [4.78, 5) is 0. The second kappa shape index (κ2) is 80.7. The third-order valence-electron chi connectivity index (χ3n) is 10.4. The Morgan fingerprint density at radius 1 is 0.463 bits per heavy atom. The fourth-order valence-corrected chi connectivity index (χ4v) is 3.78. The molecule has 0 radical (unpaired) electrons. The van der Waals surface area contributed by atoms with E-state index in [1.165, 1.54) is 58.8 Å². The van der Waals surface area contributed by atoms with Crippen molar-refractivity contribution in [2.24, 2.45) is 94.7 Å². The van der Waals surface area contributed by atoms with Crippen molar-refractivity contribution in [3.63, 3.8) is 0 Å². The van der Waals surface area contributed by atoms with Crippen LogP contribution in [0.3, 0.4) is 0 Å². The first-order valence-corrected chi connectivity index (χ1v) is 34.9. The quantitative estimate of drug-likeness (QED) is 0.0948. The summed E-state index contributed by atoms with van der Waals surface area (Å²) < 4.78 is 213. The van der Waals surface area contributed by atoms with Gasteiger partial charge in [-0.1, -0.05) is 285 Å². The first-order valence-electron chi connectivity index (χ1n) is 36.4. The van der Waals surface area contributed by atoms with Crippen molar-refractivity contribution < 1.29 is 78.7 Å². The first-order chi connectivity index (χ1) is 43.5. The average molecular weight is 1420 g/mol. The van der Waals surface area contributed by atoms with Gasteiger partial charge in [0.15, 0.2) is 0 Å². The molecule has 95 heavy (non-hydrogen) atoms. The summed E-state index contributed by atoms with van der Waals surface area (Å²) in [5, 5.41) is 0. The Bertz CT molecular complexity index is 1500. The van der Waals surface area contributed by atoms with Gasteiger partial charge in [-0.25, -0.2) is 8.78 Å². The van der Waals surface area contributed by atoms with Crippen LogP contribution in [0.15, 0.2) is 50.1 Å². The zero-order valence-corrected chi connectivity index (χ0v) is 67.4. The molecule has 0 spiro atoms. The van der Waals surface area contributed by atoms with Gasteiger partial charge in [0.1, 0.15) is 0 Å². The molecule has 0 nitrogen and oxygen atoms in total. The van der Waals surface area contributed by atoms with Gasteiger partial charge in [0, 0.05) is 34.7 Å². The van der Waals surface area contributed by atoms with Gasteiger partial charge in [0.25, 0.3) is 0 Å². The molecule has 1 aliphatic carbocycles. The van der Waals surface area contributed by atoms with Crippen LogP contribution in [0.5, 0.6) is 0 Å². The zero-order chi connectivity index (χ0) is 82.5. The Morgan fingerprint density at radius 2 is 0.779 bits per heavy atom. The van der Waals surface area contributed by atoms with Gasteiger partial charge in [-0.15, -0.1) is 19.7 Å². The molecule has 0 N–H and O–H groups in total. The lowest BCUT2D eigenvalue weighted by Gasteiger charge is -2.22. The smallest absolute Gasteiger partial charge is 0.251 e. The molecule has 590 valence electrons. The molecular weight excluding hydrogens is 1260 g/mol. The number of allylic oxidation sites excluding steroid dienone is 5. The average Bonchev–Trinajstić information content (AvgIpc) is 1.04. The Morgan fingerprint density at radius 3 is 0.811 bits per heavy atom. The van der Waals surface area contributed by atoms with Gasteiger partial charge >= 0.3 is 30.6 Å². The molecule has 0 aliphatic heterocycles. The van der Waals surface area contributed by atoms with Crippen molar-refractivity contribution in [3.8, 4) is 0 Å². The van der Waals surface area contributed by atoms with Gasteiger partial charge < -0.3 is 0 Å². The molecule has 0 bridgehead atoms. The molecule has 0 aromatic heterocycles. The topological polar surface area (TPSA) is 0 Å². The Kier molecular flexibility index (Phi) is 99.3. The Labute approximate surface area is 584 Å². The predicted octanol–water partition coefficient (Wildman–Crippen LogP) is 33.3. The number of halogens is 17. The highest BCUT2D eigenvalue weighted by Gasteiger charge is 2.59. The standard InChI is InChI=1S/2C7H14.C6H11F3.C6H12.C6H14.C6H12.C5H7F5.C5H9F3.C5H12.C5H10.C4H7F3.C4H8F2.C4H9F.2C4H10/c2*1-4-5-6-7(2)3;1-5(2)3-4-6(7,8)9;1-5(2)6-3-4-6;2*1-4-5-6(2)3;1-3(2)4(6,7)5(8,9)10;1-4(2)3-5(6,7)8;2*1-4-5(2)3;1-3(2)4(5,6)7;1-3(2)4(5)6;1-4(2)3-5;2*1-4(2)3/h4-5,7H,6H2,1-3H3;4,7H,1,5-6H2,2-3H3;5H,3-4H2,1-2H3;5-6H,3-4H2,1-2H3;6H,4-5H2,1-3H3;4,6H,1,5H2,2-3H3;3H,1-2H3;4H,3H2,1-2H3;5H,4H2,1-3H3;4-5H,1H2,2-3H3;3H,1-2H3;3-4H,1-2H3;4H,3H2,1-2H3;2*4H,1-3H3/i;;;;;;;;;;;;;1D3;. The molecule has 1 fully saturated rings. The predicted molar refractivity (Wildman–Crippen MR) is 391 cm³/mol. The maximum absolute atomic E-state index is 11.9. The van der Waals surface area contributed by atoms with E-state index in [1.807, 2.05) is 32.1 Å². The van der Waals surface area contributed by atoms with Crippen LogP contribution in [0.4, 0.5) is 74.6 Å². The van der Waals surface area contributed by atoms with Gasteiger partial charge in [-0.3, -0.25) is 4.39 Å². The molecule has 1 rings (SSSR count). The fourth-order valence-electron chi connectivity index (χ4n) is 3.78. The monoisotopic (exact) mass is 1420 g/mol. The number of alkyl halides is 17. The number of hydrogen-bond donors (Lipinski definition) is 0. The molecule has 0 amide bonds. The molecule has 0 atom stereocenters. The summed E-state index contributed by atoms with van der Waals surface area (Å²) in [6.45, 7) is 73.5. The van der Waals surface area contributed by atoms with E-state index >= 15 is 0 Å². The van der Waals surface area contributed by atoms with Crippen LogP contribution in [0.25, 0.3) is 0 Å². The SMILES string of the molecule is C=CC(C)C.C=CCC(C)C.C=CCCC(C)C.CC(C)C.CC(C)C(F)(F)C(F)(F)F.CC(C)C(F)(F)F.CC(C)C(F)F.CC(C)C1CC1.CC(C)CC(F)(F)F.CC(C)CCC(F)(F)F.CC(C)CF.CC=CCC(C)C.CCC(C)C.CCCC(C)C.[2H]C([2H])([2H])C(C)C. The van der Waals surface area contributed by atoms with E-state index < -0.39 is 74.5 Å². The molecule has 0 saturated heterocycles. The highest BCUT2D eigenvalue weighted by atomic mass is 19.4. The normalized spacial score (nSPS) is 12.4. The van der Waals surface area contributed by atoms with Crippen molar-refractivity contribution >= 4 is 0 Å². The first kappa shape index (κ1) is 117. The van der Waals surface area contributed by atoms with Crippen LogP contribution in [-0.4, -0.2) is 43.7 Å². The highest BCUT2D eigenvalue weighted by molar-refractivity contribution is 4.79. The highest BCUT2D eigenvalue weighted by Crippen LogP contribution is 2.40. The Hall–Kier alpha value is -2.23. The van der Waals surface area contributed by atoms with Crippen LogP contribution < -0.4 is 0 Å². The van der Waals surface area contributed by atoms with Crippen molar-refractivity contribution in [1.29, 1.82) is 0 Å². The molecule has 0 heterocycles. The van der Waals surface area contributed by atoms with Gasteiger partial charge in [0.2, 0.25) is 6.43 Å². The summed E-state index contributed by atoms with van der Waals surface area (Å²) in [7, 11) is 0. The number of rotatable bonds is 18. The summed E-state index contributed by atoms with van der Waals surface area (Å²) in [5.41, 5.74) is 0. The maximum atomic E-state index is 11.9. The minimum absolute atomic E-state index is 0.145. The van der Waals surface area contributed by atoms with E-state index in [0.29, 0.717) is 5.92 Å². The minimum Gasteiger partial charge on any atom is -0.251 e. The molecule has 1 aliphatic rings. The lowest BCUT2D eigenvalue weighted by Crippen LogP contribution is -2.40. The zero-order valence-electron chi connectivity index (χ0n) is 70.4. The lowest BCUT2D eigenvalue weighted by molar-refractivity contribution is -0.298. The third kappa shape index (κ3) is 200. The summed E-state index contributed by atoms with van der Waals surface area (Å²) >= 11 is 0. The minimum atomic E-state index is -5.42. The maximum Gasteiger partial charge on any atom is 0.453 e. The molecule has 17 heteroatoms. The van der Waals surface area contributed by atoms with Crippen molar-refractivity contribution in [1.82, 2.24) is 0 Å². The Balaban J connectivity index is -0.0000000646. The largest absolute Gasteiger partial charge is 0.453 e. The van der Waals surface area contributed by atoms with Crippen molar-refractivity contribution in [3.05, 3.63) is 50.1 Å². The van der Waals surface area contributed by atoms with E-state index in [1.54, 1.807) is 41.5 Å². The third-order valence-corrected chi connectivity index (χ3v) is 10.4. The molecule has 0 unspecified atom stereocenters. The van der Waals surface area contributed by atoms with Crippen LogP contribution >= 0.6 is 0 Å². The van der Waals surface area contributed by atoms with Gasteiger partial charge in [-0.2, -0.15) is 61.5 Å². The number of hydrogen-bond acceptors (Lipinski definition) is 0. The summed E-state index contributed by atoms with van der Waals surface area (Å²) in [6.07, 6.45) is 1.35. The molecular formula is C78H159F17. The van der Waals surface area contributed by atoms with Gasteiger partial charge in [0.05, 0.1) is 6.67 Å². The fraction of sp³-hybridized carbons (Fsp3) is 0.897. The van der Waals surface area contributed by atoms with Crippen molar-refractivity contribution in [2.75, 3.05) is 6.67 Å². The second-order valence-electron chi connectivity index (χ2n) is 29.2. The van der Waals surface area contributed by atoms with Crippen LogP contribution in [-0.2, 0) is 0 Å².